The van der Waals surface area contributed by atoms with Crippen molar-refractivity contribution in [2.24, 2.45) is 9.98 Å². The van der Waals surface area contributed by atoms with Gasteiger partial charge in [-0.2, -0.15) is 0 Å². The molecule has 0 fully saturated rings. The third kappa shape index (κ3) is 4.28. The summed E-state index contributed by atoms with van der Waals surface area (Å²) in [6.07, 6.45) is 3.26. The van der Waals surface area contributed by atoms with E-state index in [1.54, 1.807) is 6.34 Å². The van der Waals surface area contributed by atoms with E-state index in [0.717, 1.165) is 18.0 Å². The zero-order chi connectivity index (χ0) is 12.8. The Morgan fingerprint density at radius 2 is 2.35 bits per heavy atom. The van der Waals surface area contributed by atoms with Gasteiger partial charge in [0.25, 0.3) is 0 Å². The first-order valence-electron chi connectivity index (χ1n) is 5.97. The zero-order valence-corrected chi connectivity index (χ0v) is 11.0. The number of nitrogens with one attached hydrogen (secondary N) is 1. The molecule has 2 N–H and O–H groups in total. The molecule has 0 aromatic carbocycles. The van der Waals surface area contributed by atoms with Crippen LogP contribution in [0.1, 0.15) is 27.7 Å². The molecule has 0 saturated carbocycles. The van der Waals surface area contributed by atoms with Crippen molar-refractivity contribution in [2.75, 3.05) is 13.1 Å². The van der Waals surface area contributed by atoms with Gasteiger partial charge in [0, 0.05) is 11.4 Å². The Bertz CT molecular complexity index is 335. The lowest BCUT2D eigenvalue weighted by molar-refractivity contribution is 0.148. The van der Waals surface area contributed by atoms with E-state index in [-0.39, 0.29) is 6.17 Å². The van der Waals surface area contributed by atoms with Crippen molar-refractivity contribution in [3.05, 3.63) is 11.8 Å². The second kappa shape index (κ2) is 6.51. The van der Waals surface area contributed by atoms with E-state index in [0.29, 0.717) is 6.54 Å². The number of rotatable bonds is 5. The predicted molar refractivity (Wildman–Crippen MR) is 71.2 cm³/mol. The maximum atomic E-state index is 9.47. The van der Waals surface area contributed by atoms with Crippen molar-refractivity contribution in [3.63, 3.8) is 0 Å². The highest BCUT2D eigenvalue weighted by Crippen LogP contribution is 2.13. The van der Waals surface area contributed by atoms with Crippen LogP contribution in [0.25, 0.3) is 0 Å². The summed E-state index contributed by atoms with van der Waals surface area (Å²) in [4.78, 5) is 10.7. The second-order valence-electron chi connectivity index (χ2n) is 4.15. The monoisotopic (exact) mass is 238 g/mol. The predicted octanol–water partition coefficient (Wildman–Crippen LogP) is 0.969. The first-order chi connectivity index (χ1) is 8.04. The van der Waals surface area contributed by atoms with Gasteiger partial charge in [-0.25, -0.2) is 0 Å². The SMILES string of the molecule is CCNC(O)CN=CN1C(C)=CC(C)=NC1C. The van der Waals surface area contributed by atoms with Crippen LogP contribution in [0.3, 0.4) is 0 Å². The van der Waals surface area contributed by atoms with Crippen molar-refractivity contribution in [2.45, 2.75) is 40.1 Å². The number of nitrogens with zero attached hydrogens (tertiary/aromatic N) is 3. The molecule has 0 spiro atoms. The second-order valence-corrected chi connectivity index (χ2v) is 4.15. The van der Waals surface area contributed by atoms with Crippen LogP contribution in [0.4, 0.5) is 0 Å². The van der Waals surface area contributed by atoms with Gasteiger partial charge in [-0.3, -0.25) is 15.3 Å². The topological polar surface area (TPSA) is 60.2 Å². The Morgan fingerprint density at radius 1 is 1.65 bits per heavy atom. The fourth-order valence-electron chi connectivity index (χ4n) is 1.79. The van der Waals surface area contributed by atoms with E-state index >= 15 is 0 Å². The largest absolute Gasteiger partial charge is 0.377 e. The highest BCUT2D eigenvalue weighted by molar-refractivity contribution is 5.94. The lowest BCUT2D eigenvalue weighted by Crippen LogP contribution is -2.34. The highest BCUT2D eigenvalue weighted by Gasteiger charge is 2.15. The van der Waals surface area contributed by atoms with E-state index in [9.17, 15) is 5.11 Å². The molecule has 0 aromatic heterocycles. The van der Waals surface area contributed by atoms with Gasteiger partial charge in [0.15, 0.2) is 0 Å². The Hall–Kier alpha value is -1.20. The third-order valence-corrected chi connectivity index (χ3v) is 2.54. The summed E-state index contributed by atoms with van der Waals surface area (Å²) in [5, 5.41) is 12.4. The zero-order valence-electron chi connectivity index (χ0n) is 11.0. The van der Waals surface area contributed by atoms with Gasteiger partial charge in [0.1, 0.15) is 12.4 Å². The molecule has 2 atom stereocenters. The van der Waals surface area contributed by atoms with Crippen LogP contribution in [-0.4, -0.2) is 47.5 Å². The van der Waals surface area contributed by atoms with E-state index in [1.807, 2.05) is 38.7 Å². The molecule has 5 nitrogen and oxygen atoms in total. The number of allylic oxidation sites excluding steroid dienone is 2. The highest BCUT2D eigenvalue weighted by atomic mass is 16.3. The molecule has 0 aliphatic carbocycles. The molecule has 0 saturated heterocycles. The minimum atomic E-state index is -0.578. The first-order valence-corrected chi connectivity index (χ1v) is 5.97. The van der Waals surface area contributed by atoms with Gasteiger partial charge in [0.2, 0.25) is 0 Å². The summed E-state index contributed by atoms with van der Waals surface area (Å²) in [6, 6.07) is 0. The van der Waals surface area contributed by atoms with Crippen LogP contribution in [0.2, 0.25) is 0 Å². The standard InChI is InChI=1S/C12H22N4O/c1-5-14-12(17)7-13-8-16-10(3)6-9(2)15-11(16)4/h6,8,11-12,14,17H,5,7H2,1-4H3. The number of hydrogen-bond acceptors (Lipinski definition) is 4. The summed E-state index contributed by atoms with van der Waals surface area (Å²) in [5.41, 5.74) is 2.15. The normalized spacial score (nSPS) is 22.6. The summed E-state index contributed by atoms with van der Waals surface area (Å²) in [7, 11) is 0. The van der Waals surface area contributed by atoms with Gasteiger partial charge in [-0.15, -0.1) is 0 Å². The summed E-state index contributed by atoms with van der Waals surface area (Å²) in [6.45, 7) is 9.08. The molecule has 0 bridgehead atoms. The molecule has 0 amide bonds. The van der Waals surface area contributed by atoms with Crippen LogP contribution in [0.15, 0.2) is 21.8 Å². The molecule has 0 aromatic rings. The average Bonchev–Trinajstić information content (AvgIpc) is 2.22. The molecule has 1 rings (SSSR count). The van der Waals surface area contributed by atoms with Crippen molar-refractivity contribution >= 4 is 12.1 Å². The van der Waals surface area contributed by atoms with E-state index in [4.69, 9.17) is 0 Å². The van der Waals surface area contributed by atoms with Gasteiger partial charge < -0.3 is 10.0 Å². The molecule has 1 aliphatic rings. The number of aliphatic imine (C=N–C) groups is 2. The van der Waals surface area contributed by atoms with Crippen LogP contribution in [0, 0.1) is 0 Å². The molecular weight excluding hydrogens is 216 g/mol. The Balaban J connectivity index is 2.52. The minimum Gasteiger partial charge on any atom is -0.377 e. The van der Waals surface area contributed by atoms with Gasteiger partial charge >= 0.3 is 0 Å². The fraction of sp³-hybridized carbons (Fsp3) is 0.667. The Morgan fingerprint density at radius 3 is 2.94 bits per heavy atom. The maximum Gasteiger partial charge on any atom is 0.124 e. The molecule has 1 aliphatic heterocycles. The molecule has 1 heterocycles. The third-order valence-electron chi connectivity index (χ3n) is 2.54. The Kier molecular flexibility index (Phi) is 5.31. The van der Waals surface area contributed by atoms with E-state index < -0.39 is 6.23 Å². The van der Waals surface area contributed by atoms with Gasteiger partial charge in [0.05, 0.1) is 12.9 Å². The van der Waals surface area contributed by atoms with Crippen molar-refractivity contribution < 1.29 is 5.11 Å². The number of likely N-dealkylation sites (N-methyl/N-ethyl adjacent to an activating group) is 1. The van der Waals surface area contributed by atoms with Crippen LogP contribution in [-0.2, 0) is 0 Å². The first kappa shape index (κ1) is 13.9. The quantitative estimate of drug-likeness (QED) is 0.426. The maximum absolute atomic E-state index is 9.47. The minimum absolute atomic E-state index is 0.0695. The van der Waals surface area contributed by atoms with Gasteiger partial charge in [-0.05, 0) is 33.4 Å². The van der Waals surface area contributed by atoms with Crippen LogP contribution < -0.4 is 5.32 Å². The fourth-order valence-corrected chi connectivity index (χ4v) is 1.79. The number of aliphatic hydroxyl groups excluding tert-OH is 1. The molecule has 17 heavy (non-hydrogen) atoms. The number of aliphatic hydroxyl groups is 1. The molecule has 2 unspecified atom stereocenters. The summed E-state index contributed by atoms with van der Waals surface area (Å²) >= 11 is 0. The molecular formula is C12H22N4O. The molecule has 96 valence electrons. The summed E-state index contributed by atoms with van der Waals surface area (Å²) < 4.78 is 0. The van der Waals surface area contributed by atoms with Crippen LogP contribution >= 0.6 is 0 Å². The van der Waals surface area contributed by atoms with E-state index in [1.165, 1.54) is 0 Å². The van der Waals surface area contributed by atoms with Crippen molar-refractivity contribution in [1.29, 1.82) is 0 Å². The number of hydrogen-bond donors (Lipinski definition) is 2. The summed E-state index contributed by atoms with van der Waals surface area (Å²) in [5.74, 6) is 0. The van der Waals surface area contributed by atoms with Gasteiger partial charge in [-0.1, -0.05) is 6.92 Å². The van der Waals surface area contributed by atoms with Crippen molar-refractivity contribution in [3.8, 4) is 0 Å². The van der Waals surface area contributed by atoms with E-state index in [2.05, 4.69) is 15.3 Å². The lowest BCUT2D eigenvalue weighted by atomic mass is 10.2. The average molecular weight is 238 g/mol. The smallest absolute Gasteiger partial charge is 0.124 e. The Labute approximate surface area is 103 Å². The molecule has 0 radical (unpaired) electrons. The van der Waals surface area contributed by atoms with Crippen molar-refractivity contribution in [1.82, 2.24) is 10.2 Å². The lowest BCUT2D eigenvalue weighted by Gasteiger charge is -2.28. The molecule has 5 heteroatoms. The van der Waals surface area contributed by atoms with Crippen LogP contribution in [0.5, 0.6) is 0 Å².